The first-order valence-electron chi connectivity index (χ1n) is 5.54. The van der Waals surface area contributed by atoms with Crippen LogP contribution in [-0.4, -0.2) is 47.9 Å². The molecule has 0 aromatic heterocycles. The van der Waals surface area contributed by atoms with Crippen molar-refractivity contribution in [3.63, 3.8) is 0 Å². The Labute approximate surface area is 108 Å². The zero-order valence-electron chi connectivity index (χ0n) is 10.0. The quantitative estimate of drug-likeness (QED) is 0.742. The summed E-state index contributed by atoms with van der Waals surface area (Å²) < 4.78 is 25.8. The molecule has 16 heavy (non-hydrogen) atoms. The Balaban J connectivity index is 2.67. The van der Waals surface area contributed by atoms with Crippen LogP contribution in [0, 0.1) is 5.92 Å². The summed E-state index contributed by atoms with van der Waals surface area (Å²) in [5.41, 5.74) is 0. The Morgan fingerprint density at radius 2 is 1.88 bits per heavy atom. The molecule has 1 heterocycles. The fourth-order valence-corrected chi connectivity index (χ4v) is 5.57. The molecule has 6 heteroatoms. The summed E-state index contributed by atoms with van der Waals surface area (Å²) in [6.45, 7) is 7.29. The van der Waals surface area contributed by atoms with Crippen molar-refractivity contribution in [2.24, 2.45) is 5.92 Å². The second kappa shape index (κ2) is 5.94. The predicted octanol–water partition coefficient (Wildman–Crippen LogP) is 2.02. The van der Waals surface area contributed by atoms with Crippen LogP contribution in [0.1, 0.15) is 20.8 Å². The van der Waals surface area contributed by atoms with Crippen molar-refractivity contribution in [2.75, 3.05) is 24.7 Å². The molecule has 1 aliphatic heterocycles. The molecule has 3 nitrogen and oxygen atoms in total. The first-order chi connectivity index (χ1) is 7.35. The minimum Gasteiger partial charge on any atom is -0.212 e. The number of hydrogen-bond acceptors (Lipinski definition) is 3. The fourth-order valence-electron chi connectivity index (χ4n) is 1.87. The van der Waals surface area contributed by atoms with E-state index in [-0.39, 0.29) is 11.7 Å². The molecule has 0 saturated carbocycles. The third kappa shape index (κ3) is 4.09. The number of sulfonamides is 1. The normalized spacial score (nSPS) is 30.2. The summed E-state index contributed by atoms with van der Waals surface area (Å²) in [5.74, 6) is 0.583. The summed E-state index contributed by atoms with van der Waals surface area (Å²) in [6, 6.07) is 0. The monoisotopic (exact) mass is 285 g/mol. The van der Waals surface area contributed by atoms with E-state index >= 15 is 0 Å². The van der Waals surface area contributed by atoms with Gasteiger partial charge in [-0.25, -0.2) is 8.42 Å². The Bertz CT molecular complexity index is 311. The average Bonchev–Trinajstić information content (AvgIpc) is 2.15. The van der Waals surface area contributed by atoms with E-state index in [0.29, 0.717) is 29.5 Å². The van der Waals surface area contributed by atoms with Crippen LogP contribution in [0.25, 0.3) is 0 Å². The molecule has 3 unspecified atom stereocenters. The number of rotatable bonds is 4. The van der Waals surface area contributed by atoms with Crippen LogP contribution in [-0.2, 0) is 10.0 Å². The lowest BCUT2D eigenvalue weighted by atomic mass is 10.3. The lowest BCUT2D eigenvalue weighted by Gasteiger charge is -2.34. The van der Waals surface area contributed by atoms with Crippen LogP contribution in [0.5, 0.6) is 0 Å². The molecule has 0 spiro atoms. The zero-order valence-corrected chi connectivity index (χ0v) is 12.4. The van der Waals surface area contributed by atoms with E-state index in [4.69, 9.17) is 11.6 Å². The van der Waals surface area contributed by atoms with E-state index in [0.717, 1.165) is 0 Å². The van der Waals surface area contributed by atoms with Gasteiger partial charge in [0, 0.05) is 29.5 Å². The molecule has 0 aliphatic carbocycles. The summed E-state index contributed by atoms with van der Waals surface area (Å²) in [5, 5.41) is 0.759. The molecule has 0 amide bonds. The highest BCUT2D eigenvalue weighted by Gasteiger charge is 2.31. The maximum absolute atomic E-state index is 12.1. The minimum absolute atomic E-state index is 0.0202. The summed E-state index contributed by atoms with van der Waals surface area (Å²) in [6.07, 6.45) is 0. The lowest BCUT2D eigenvalue weighted by molar-refractivity contribution is 0.401. The summed E-state index contributed by atoms with van der Waals surface area (Å²) >= 11 is 7.52. The van der Waals surface area contributed by atoms with Crippen LogP contribution >= 0.6 is 23.4 Å². The van der Waals surface area contributed by atoms with Crippen LogP contribution in [0.3, 0.4) is 0 Å². The minimum atomic E-state index is -3.12. The SMILES string of the molecule is CC(CCl)CS(=O)(=O)N1CC(C)SC(C)C1. The molecule has 0 bridgehead atoms. The molecule has 0 radical (unpaired) electrons. The third-order valence-electron chi connectivity index (χ3n) is 2.54. The molecular weight excluding hydrogens is 266 g/mol. The van der Waals surface area contributed by atoms with E-state index < -0.39 is 10.0 Å². The Hall–Kier alpha value is 0.550. The molecule has 1 fully saturated rings. The van der Waals surface area contributed by atoms with Gasteiger partial charge in [-0.2, -0.15) is 16.1 Å². The summed E-state index contributed by atoms with van der Waals surface area (Å²) in [7, 11) is -3.12. The van der Waals surface area contributed by atoms with E-state index in [1.54, 1.807) is 4.31 Å². The van der Waals surface area contributed by atoms with Gasteiger partial charge >= 0.3 is 0 Å². The van der Waals surface area contributed by atoms with Gasteiger partial charge in [0.1, 0.15) is 0 Å². The highest BCUT2D eigenvalue weighted by molar-refractivity contribution is 8.00. The van der Waals surface area contributed by atoms with Crippen LogP contribution in [0.4, 0.5) is 0 Å². The average molecular weight is 286 g/mol. The van der Waals surface area contributed by atoms with Gasteiger partial charge in [-0.1, -0.05) is 20.8 Å². The predicted molar refractivity (Wildman–Crippen MR) is 71.8 cm³/mol. The highest BCUT2D eigenvalue weighted by Crippen LogP contribution is 2.27. The van der Waals surface area contributed by atoms with Gasteiger partial charge in [-0.15, -0.1) is 11.6 Å². The van der Waals surface area contributed by atoms with Gasteiger partial charge in [0.05, 0.1) is 5.75 Å². The van der Waals surface area contributed by atoms with Crippen molar-refractivity contribution in [1.29, 1.82) is 0 Å². The Kier molecular flexibility index (Phi) is 5.42. The highest BCUT2D eigenvalue weighted by atomic mass is 35.5. The first-order valence-corrected chi connectivity index (χ1v) is 8.63. The van der Waals surface area contributed by atoms with Crippen molar-refractivity contribution < 1.29 is 8.42 Å². The van der Waals surface area contributed by atoms with Gasteiger partial charge in [0.2, 0.25) is 10.0 Å². The maximum atomic E-state index is 12.1. The third-order valence-corrected chi connectivity index (χ3v) is 6.37. The molecule has 1 saturated heterocycles. The maximum Gasteiger partial charge on any atom is 0.214 e. The fraction of sp³-hybridized carbons (Fsp3) is 1.00. The smallest absolute Gasteiger partial charge is 0.212 e. The number of thioether (sulfide) groups is 1. The standard InChI is InChI=1S/C10H20ClNO2S2/c1-8(4-11)7-16(13,14)12-5-9(2)15-10(3)6-12/h8-10H,4-7H2,1-3H3. The largest absolute Gasteiger partial charge is 0.214 e. The van der Waals surface area contributed by atoms with Crippen molar-refractivity contribution in [3.8, 4) is 0 Å². The zero-order chi connectivity index (χ0) is 12.3. The molecule has 1 aliphatic rings. The molecule has 0 aromatic rings. The van der Waals surface area contributed by atoms with Gasteiger partial charge in [0.15, 0.2) is 0 Å². The van der Waals surface area contributed by atoms with Crippen molar-refractivity contribution in [2.45, 2.75) is 31.3 Å². The Morgan fingerprint density at radius 1 is 1.38 bits per heavy atom. The van der Waals surface area contributed by atoms with E-state index in [1.165, 1.54) is 0 Å². The molecular formula is C10H20ClNO2S2. The summed E-state index contributed by atoms with van der Waals surface area (Å²) in [4.78, 5) is 0. The number of hydrogen-bond donors (Lipinski definition) is 0. The van der Waals surface area contributed by atoms with Gasteiger partial charge in [-0.05, 0) is 5.92 Å². The van der Waals surface area contributed by atoms with E-state index in [1.807, 2.05) is 18.7 Å². The second-order valence-corrected chi connectivity index (χ2v) is 8.82. The molecule has 96 valence electrons. The van der Waals surface area contributed by atoms with Crippen LogP contribution in [0.2, 0.25) is 0 Å². The topological polar surface area (TPSA) is 37.4 Å². The van der Waals surface area contributed by atoms with Crippen molar-refractivity contribution in [1.82, 2.24) is 4.31 Å². The molecule has 0 N–H and O–H groups in total. The van der Waals surface area contributed by atoms with E-state index in [9.17, 15) is 8.42 Å². The van der Waals surface area contributed by atoms with E-state index in [2.05, 4.69) is 13.8 Å². The van der Waals surface area contributed by atoms with Crippen LogP contribution in [0.15, 0.2) is 0 Å². The number of nitrogens with zero attached hydrogens (tertiary/aromatic N) is 1. The second-order valence-electron chi connectivity index (χ2n) is 4.61. The molecule has 0 aromatic carbocycles. The van der Waals surface area contributed by atoms with Gasteiger partial charge in [0.25, 0.3) is 0 Å². The number of alkyl halides is 1. The molecule has 1 rings (SSSR count). The van der Waals surface area contributed by atoms with Crippen molar-refractivity contribution in [3.05, 3.63) is 0 Å². The lowest BCUT2D eigenvalue weighted by Crippen LogP contribution is -2.45. The first kappa shape index (κ1) is 14.6. The van der Waals surface area contributed by atoms with Gasteiger partial charge in [-0.3, -0.25) is 0 Å². The Morgan fingerprint density at radius 3 is 2.31 bits per heavy atom. The van der Waals surface area contributed by atoms with Crippen LogP contribution < -0.4 is 0 Å². The number of halogens is 1. The van der Waals surface area contributed by atoms with Gasteiger partial charge < -0.3 is 0 Å². The van der Waals surface area contributed by atoms with Crippen molar-refractivity contribution >= 4 is 33.4 Å². The molecule has 3 atom stereocenters.